The van der Waals surface area contributed by atoms with Crippen LogP contribution >= 0.6 is 0 Å². The Kier molecular flexibility index (Phi) is 4.34. The number of carbonyl (C=O) groups excluding carboxylic acids is 2. The van der Waals surface area contributed by atoms with Crippen LogP contribution in [0.5, 0.6) is 0 Å². The fourth-order valence-corrected chi connectivity index (χ4v) is 3.00. The number of hydrogen-bond donors (Lipinski definition) is 2. The highest BCUT2D eigenvalue weighted by Gasteiger charge is 2.42. The Bertz CT molecular complexity index is 569. The van der Waals surface area contributed by atoms with Gasteiger partial charge in [0.1, 0.15) is 6.26 Å². The standard InChI is InChI=1S/C15H19F2N3O3/c16-15(17)7-12(18-9-15)13(21)19-11-1-4-20(5-2-11)14(22)10-3-6-23-8-10/h3,6,8,11-12,18H,1-2,4-5,7,9H2,(H,19,21). The maximum absolute atomic E-state index is 13.1. The first kappa shape index (κ1) is 15.9. The monoisotopic (exact) mass is 327 g/mol. The van der Waals surface area contributed by atoms with Gasteiger partial charge in [-0.05, 0) is 18.9 Å². The summed E-state index contributed by atoms with van der Waals surface area (Å²) in [4.78, 5) is 25.9. The molecule has 2 fully saturated rings. The molecule has 1 unspecified atom stereocenters. The van der Waals surface area contributed by atoms with E-state index in [0.29, 0.717) is 31.5 Å². The molecule has 2 aliphatic rings. The molecule has 1 aromatic rings. The van der Waals surface area contributed by atoms with E-state index in [1.807, 2.05) is 0 Å². The topological polar surface area (TPSA) is 74.6 Å². The Hall–Kier alpha value is -1.96. The summed E-state index contributed by atoms with van der Waals surface area (Å²) in [6.07, 6.45) is 3.61. The van der Waals surface area contributed by atoms with E-state index in [2.05, 4.69) is 10.6 Å². The first-order chi connectivity index (χ1) is 10.9. The molecule has 6 nitrogen and oxygen atoms in total. The van der Waals surface area contributed by atoms with E-state index < -0.39 is 24.9 Å². The minimum atomic E-state index is -2.82. The molecule has 0 bridgehead atoms. The van der Waals surface area contributed by atoms with E-state index in [1.165, 1.54) is 12.5 Å². The van der Waals surface area contributed by atoms with Gasteiger partial charge in [0.25, 0.3) is 11.8 Å². The molecule has 2 aliphatic heterocycles. The number of alkyl halides is 2. The van der Waals surface area contributed by atoms with Crippen molar-refractivity contribution in [1.29, 1.82) is 0 Å². The zero-order valence-corrected chi connectivity index (χ0v) is 12.6. The third-order valence-electron chi connectivity index (χ3n) is 4.32. The third-order valence-corrected chi connectivity index (χ3v) is 4.32. The fraction of sp³-hybridized carbons (Fsp3) is 0.600. The van der Waals surface area contributed by atoms with Crippen LogP contribution < -0.4 is 10.6 Å². The maximum Gasteiger partial charge on any atom is 0.262 e. The van der Waals surface area contributed by atoms with Crippen LogP contribution in [0.1, 0.15) is 29.6 Å². The van der Waals surface area contributed by atoms with Crippen LogP contribution in [0, 0.1) is 0 Å². The van der Waals surface area contributed by atoms with Crippen molar-refractivity contribution in [1.82, 2.24) is 15.5 Å². The summed E-state index contributed by atoms with van der Waals surface area (Å²) >= 11 is 0. The van der Waals surface area contributed by atoms with Crippen molar-refractivity contribution in [2.45, 2.75) is 37.3 Å². The second kappa shape index (κ2) is 6.27. The van der Waals surface area contributed by atoms with Gasteiger partial charge in [0.2, 0.25) is 5.91 Å². The van der Waals surface area contributed by atoms with E-state index >= 15 is 0 Å². The average molecular weight is 327 g/mol. The molecule has 8 heteroatoms. The Morgan fingerprint density at radius 3 is 2.65 bits per heavy atom. The van der Waals surface area contributed by atoms with Crippen LogP contribution in [0.3, 0.4) is 0 Å². The first-order valence-electron chi connectivity index (χ1n) is 7.68. The lowest BCUT2D eigenvalue weighted by Crippen LogP contribution is -2.50. The lowest BCUT2D eigenvalue weighted by molar-refractivity contribution is -0.124. The van der Waals surface area contributed by atoms with E-state index in [0.717, 1.165) is 0 Å². The van der Waals surface area contributed by atoms with Crippen molar-refractivity contribution in [2.75, 3.05) is 19.6 Å². The van der Waals surface area contributed by atoms with E-state index in [1.54, 1.807) is 11.0 Å². The molecule has 0 radical (unpaired) electrons. The van der Waals surface area contributed by atoms with Crippen LogP contribution in [-0.2, 0) is 4.79 Å². The third kappa shape index (κ3) is 3.69. The van der Waals surface area contributed by atoms with Gasteiger partial charge in [-0.15, -0.1) is 0 Å². The van der Waals surface area contributed by atoms with Crippen LogP contribution in [0.4, 0.5) is 8.78 Å². The van der Waals surface area contributed by atoms with Crippen LogP contribution in [-0.4, -0.2) is 54.4 Å². The molecule has 2 saturated heterocycles. The second-order valence-electron chi connectivity index (χ2n) is 6.08. The molecule has 23 heavy (non-hydrogen) atoms. The van der Waals surface area contributed by atoms with Gasteiger partial charge in [0.15, 0.2) is 0 Å². The van der Waals surface area contributed by atoms with Crippen molar-refractivity contribution in [2.24, 2.45) is 0 Å². The summed E-state index contributed by atoms with van der Waals surface area (Å²) in [6.45, 7) is 0.579. The highest BCUT2D eigenvalue weighted by atomic mass is 19.3. The average Bonchev–Trinajstić information content (AvgIpc) is 3.16. The lowest BCUT2D eigenvalue weighted by Gasteiger charge is -2.32. The number of nitrogens with one attached hydrogen (secondary N) is 2. The van der Waals surface area contributed by atoms with Crippen molar-refractivity contribution >= 4 is 11.8 Å². The summed E-state index contributed by atoms with van der Waals surface area (Å²) in [5, 5.41) is 5.35. The molecule has 2 amide bonds. The largest absolute Gasteiger partial charge is 0.472 e. The van der Waals surface area contributed by atoms with Gasteiger partial charge in [0.05, 0.1) is 24.4 Å². The fourth-order valence-electron chi connectivity index (χ4n) is 3.00. The summed E-state index contributed by atoms with van der Waals surface area (Å²) < 4.78 is 31.1. The number of piperidine rings is 1. The molecule has 0 saturated carbocycles. The van der Waals surface area contributed by atoms with Gasteiger partial charge in [0, 0.05) is 25.6 Å². The molecular weight excluding hydrogens is 308 g/mol. The second-order valence-corrected chi connectivity index (χ2v) is 6.08. The van der Waals surface area contributed by atoms with Gasteiger partial charge in [-0.25, -0.2) is 8.78 Å². The number of rotatable bonds is 3. The molecule has 126 valence electrons. The summed E-state index contributed by atoms with van der Waals surface area (Å²) in [6, 6.07) is 0.685. The molecule has 0 aromatic carbocycles. The quantitative estimate of drug-likeness (QED) is 0.868. The Morgan fingerprint density at radius 1 is 1.35 bits per heavy atom. The number of furan rings is 1. The minimum Gasteiger partial charge on any atom is -0.472 e. The zero-order valence-electron chi connectivity index (χ0n) is 12.6. The SMILES string of the molecule is O=C(NC1CCN(C(=O)c2ccoc2)CC1)C1CC(F)(F)CN1. The predicted molar refractivity (Wildman–Crippen MR) is 77.1 cm³/mol. The highest BCUT2D eigenvalue weighted by Crippen LogP contribution is 2.25. The zero-order chi connectivity index (χ0) is 16.4. The van der Waals surface area contributed by atoms with Crippen LogP contribution in [0.25, 0.3) is 0 Å². The molecular formula is C15H19F2N3O3. The Labute approximate surface area is 132 Å². The molecule has 1 aromatic heterocycles. The van der Waals surface area contributed by atoms with Crippen molar-refractivity contribution in [3.63, 3.8) is 0 Å². The first-order valence-corrected chi connectivity index (χ1v) is 7.68. The number of amides is 2. The number of nitrogens with zero attached hydrogens (tertiary/aromatic N) is 1. The molecule has 1 atom stereocenters. The van der Waals surface area contributed by atoms with E-state index in [4.69, 9.17) is 4.42 Å². The van der Waals surface area contributed by atoms with Gasteiger partial charge in [-0.3, -0.25) is 14.9 Å². The Balaban J connectivity index is 1.46. The highest BCUT2D eigenvalue weighted by molar-refractivity contribution is 5.93. The lowest BCUT2D eigenvalue weighted by atomic mass is 10.0. The maximum atomic E-state index is 13.1. The molecule has 3 rings (SSSR count). The van der Waals surface area contributed by atoms with Gasteiger partial charge >= 0.3 is 0 Å². The summed E-state index contributed by atoms with van der Waals surface area (Å²) in [7, 11) is 0. The molecule has 0 aliphatic carbocycles. The normalized spacial score (nSPS) is 24.6. The Morgan fingerprint density at radius 2 is 2.09 bits per heavy atom. The minimum absolute atomic E-state index is 0.0908. The number of carbonyl (C=O) groups is 2. The van der Waals surface area contributed by atoms with Crippen LogP contribution in [0.15, 0.2) is 23.0 Å². The molecule has 2 N–H and O–H groups in total. The van der Waals surface area contributed by atoms with Gasteiger partial charge in [-0.1, -0.05) is 0 Å². The number of hydrogen-bond acceptors (Lipinski definition) is 4. The van der Waals surface area contributed by atoms with Gasteiger partial charge in [-0.2, -0.15) is 0 Å². The van der Waals surface area contributed by atoms with Crippen LogP contribution in [0.2, 0.25) is 0 Å². The molecule has 0 spiro atoms. The predicted octanol–water partition coefficient (Wildman–Crippen LogP) is 0.998. The number of likely N-dealkylation sites (tertiary alicyclic amines) is 1. The van der Waals surface area contributed by atoms with Gasteiger partial charge < -0.3 is 14.6 Å². The van der Waals surface area contributed by atoms with Crippen molar-refractivity contribution < 1.29 is 22.8 Å². The number of halogens is 2. The van der Waals surface area contributed by atoms with E-state index in [-0.39, 0.29) is 17.9 Å². The van der Waals surface area contributed by atoms with E-state index in [9.17, 15) is 18.4 Å². The smallest absolute Gasteiger partial charge is 0.262 e. The summed E-state index contributed by atoms with van der Waals surface area (Å²) in [5.74, 6) is -3.30. The van der Waals surface area contributed by atoms with Crippen molar-refractivity contribution in [3.05, 3.63) is 24.2 Å². The van der Waals surface area contributed by atoms with Crippen molar-refractivity contribution in [3.8, 4) is 0 Å². The summed E-state index contributed by atoms with van der Waals surface area (Å²) in [5.41, 5.74) is 0.505. The molecule has 3 heterocycles.